The van der Waals surface area contributed by atoms with E-state index in [0.717, 1.165) is 22.9 Å². The average Bonchev–Trinajstić information content (AvgIpc) is 3.56. The van der Waals surface area contributed by atoms with E-state index in [4.69, 9.17) is 9.72 Å². The van der Waals surface area contributed by atoms with E-state index in [-0.39, 0.29) is 0 Å². The molecule has 0 bridgehead atoms. The first-order valence-electron chi connectivity index (χ1n) is 12.5. The molecule has 5 heterocycles. The molecule has 1 aromatic carbocycles. The number of halogens is 1. The van der Waals surface area contributed by atoms with Crippen LogP contribution in [0, 0.1) is 5.82 Å². The van der Waals surface area contributed by atoms with Gasteiger partial charge in [0, 0.05) is 35.0 Å². The highest BCUT2D eigenvalue weighted by Crippen LogP contribution is 2.33. The molecule has 4 N–H and O–H groups in total. The van der Waals surface area contributed by atoms with Crippen LogP contribution in [0.2, 0.25) is 0 Å². The lowest BCUT2D eigenvalue weighted by Gasteiger charge is -2.13. The first kappa shape index (κ1) is 24.4. The molecule has 6 aromatic rings. The number of methoxy groups -OCH3 is 1. The van der Waals surface area contributed by atoms with Crippen molar-refractivity contribution in [1.82, 2.24) is 35.1 Å². The summed E-state index contributed by atoms with van der Waals surface area (Å²) < 4.78 is 19.5. The lowest BCUT2D eigenvalue weighted by Crippen LogP contribution is -2.18. The number of H-pyrrole nitrogens is 2. The zero-order valence-electron chi connectivity index (χ0n) is 21.2. The minimum Gasteiger partial charge on any atom is -0.497 e. The molecule has 196 valence electrons. The molecule has 0 saturated heterocycles. The van der Waals surface area contributed by atoms with Crippen LogP contribution in [0.3, 0.4) is 0 Å². The number of aliphatic hydroxyl groups excluding tert-OH is 1. The largest absolute Gasteiger partial charge is 0.497 e. The number of hydrogen-bond acceptors (Lipinski definition) is 8. The van der Waals surface area contributed by atoms with Gasteiger partial charge < -0.3 is 20.1 Å². The summed E-state index contributed by atoms with van der Waals surface area (Å²) in [6, 6.07) is 8.30. The van der Waals surface area contributed by atoms with E-state index in [0.29, 0.717) is 57.2 Å². The van der Waals surface area contributed by atoms with Crippen molar-refractivity contribution < 1.29 is 14.2 Å². The van der Waals surface area contributed by atoms with E-state index in [2.05, 4.69) is 35.5 Å². The summed E-state index contributed by atoms with van der Waals surface area (Å²) in [5.41, 5.74) is 6.11. The normalized spacial score (nSPS) is 12.2. The monoisotopic (exact) mass is 524 g/mol. The molecule has 1 atom stereocenters. The summed E-state index contributed by atoms with van der Waals surface area (Å²) in [7, 11) is 1.49. The van der Waals surface area contributed by atoms with Gasteiger partial charge >= 0.3 is 0 Å². The first-order chi connectivity index (χ1) is 19.0. The molecular formula is C28H25FN8O2. The van der Waals surface area contributed by atoms with Crippen molar-refractivity contribution in [3.63, 3.8) is 0 Å². The highest BCUT2D eigenvalue weighted by Gasteiger charge is 2.17. The predicted octanol–water partition coefficient (Wildman–Crippen LogP) is 5.30. The SMILES string of the molecule is CCCC(O)Nc1cncc(-c2cc3c(-c4nc5c(-c6cc(F)cc(OC)c6)cncc5[nH]4)n[nH]c3cn2)c1. The maximum atomic E-state index is 14.2. The Morgan fingerprint density at radius 2 is 1.87 bits per heavy atom. The van der Waals surface area contributed by atoms with Gasteiger partial charge in [0.15, 0.2) is 5.82 Å². The van der Waals surface area contributed by atoms with Gasteiger partial charge in [0.25, 0.3) is 0 Å². The Morgan fingerprint density at radius 1 is 1.00 bits per heavy atom. The standard InChI is InChI=1S/C28H25FN8O2/c1-3-4-25(38)33-18-6-16(10-30-11-18)22-9-20-23(14-32-22)36-37-27(20)28-34-24-13-31-12-21(26(24)35-28)15-5-17(29)8-19(7-15)39-2/h5-14,25,33,38H,3-4H2,1-2H3,(H,34,35)(H,36,37). The number of fused-ring (bicyclic) bond motifs is 2. The van der Waals surface area contributed by atoms with Gasteiger partial charge in [-0.1, -0.05) is 13.3 Å². The smallest absolute Gasteiger partial charge is 0.159 e. The van der Waals surface area contributed by atoms with Gasteiger partial charge in [0.2, 0.25) is 0 Å². The van der Waals surface area contributed by atoms with Crippen LogP contribution >= 0.6 is 0 Å². The van der Waals surface area contributed by atoms with Crippen molar-refractivity contribution in [2.24, 2.45) is 0 Å². The fourth-order valence-electron chi connectivity index (χ4n) is 4.54. The van der Waals surface area contributed by atoms with Crippen molar-refractivity contribution in [2.45, 2.75) is 26.0 Å². The number of pyridine rings is 3. The average molecular weight is 525 g/mol. The van der Waals surface area contributed by atoms with Crippen LogP contribution in [-0.2, 0) is 0 Å². The van der Waals surface area contributed by atoms with Crippen molar-refractivity contribution in [3.05, 3.63) is 67.1 Å². The number of aromatic amines is 2. The minimum absolute atomic E-state index is 0.407. The summed E-state index contributed by atoms with van der Waals surface area (Å²) in [6.45, 7) is 2.01. The third-order valence-electron chi connectivity index (χ3n) is 6.41. The minimum atomic E-state index is -0.649. The highest BCUT2D eigenvalue weighted by atomic mass is 19.1. The molecule has 0 aliphatic heterocycles. The second-order valence-corrected chi connectivity index (χ2v) is 9.15. The van der Waals surface area contributed by atoms with E-state index in [1.807, 2.05) is 19.1 Å². The van der Waals surface area contributed by atoms with Crippen LogP contribution in [0.1, 0.15) is 19.8 Å². The number of nitrogens with zero attached hydrogens (tertiary/aromatic N) is 5. The number of hydrogen-bond donors (Lipinski definition) is 4. The second-order valence-electron chi connectivity index (χ2n) is 9.15. The molecule has 0 amide bonds. The van der Waals surface area contributed by atoms with Gasteiger partial charge in [-0.3, -0.25) is 20.1 Å². The molecule has 0 aliphatic carbocycles. The van der Waals surface area contributed by atoms with Crippen LogP contribution in [-0.4, -0.2) is 53.6 Å². The second kappa shape index (κ2) is 10.1. The fourth-order valence-corrected chi connectivity index (χ4v) is 4.54. The first-order valence-corrected chi connectivity index (χ1v) is 12.5. The maximum absolute atomic E-state index is 14.2. The Balaban J connectivity index is 1.40. The number of aromatic nitrogens is 7. The summed E-state index contributed by atoms with van der Waals surface area (Å²) in [5, 5.41) is 21.5. The van der Waals surface area contributed by atoms with Crippen molar-refractivity contribution in [2.75, 3.05) is 12.4 Å². The van der Waals surface area contributed by atoms with Crippen LogP contribution in [0.5, 0.6) is 5.75 Å². The van der Waals surface area contributed by atoms with Crippen LogP contribution in [0.25, 0.3) is 55.8 Å². The fraction of sp³-hybridized carbons (Fsp3) is 0.179. The van der Waals surface area contributed by atoms with Crippen molar-refractivity contribution in [3.8, 4) is 39.7 Å². The van der Waals surface area contributed by atoms with Gasteiger partial charge in [-0.25, -0.2) is 9.37 Å². The van der Waals surface area contributed by atoms with Gasteiger partial charge in [0.05, 0.1) is 53.6 Å². The molecule has 0 saturated carbocycles. The zero-order valence-corrected chi connectivity index (χ0v) is 21.2. The van der Waals surface area contributed by atoms with E-state index < -0.39 is 12.0 Å². The molecule has 0 spiro atoms. The Kier molecular flexibility index (Phi) is 6.33. The topological polar surface area (TPSA) is 138 Å². The molecule has 6 rings (SSSR count). The van der Waals surface area contributed by atoms with E-state index in [1.165, 1.54) is 19.2 Å². The number of anilines is 1. The van der Waals surface area contributed by atoms with Crippen molar-refractivity contribution in [1.29, 1.82) is 0 Å². The molecule has 11 heteroatoms. The number of aliphatic hydroxyl groups is 1. The van der Waals surface area contributed by atoms with Gasteiger partial charge in [-0.05, 0) is 36.2 Å². The van der Waals surface area contributed by atoms with E-state index in [1.54, 1.807) is 37.1 Å². The number of ether oxygens (including phenoxy) is 1. The van der Waals surface area contributed by atoms with Crippen LogP contribution in [0.15, 0.2) is 61.3 Å². The van der Waals surface area contributed by atoms with Gasteiger partial charge in [0.1, 0.15) is 23.5 Å². The summed E-state index contributed by atoms with van der Waals surface area (Å²) in [6.07, 6.45) is 9.26. The Hall–Kier alpha value is -4.90. The summed E-state index contributed by atoms with van der Waals surface area (Å²) in [5.74, 6) is 0.524. The van der Waals surface area contributed by atoms with Gasteiger partial charge in [-0.2, -0.15) is 5.10 Å². The Bertz CT molecular complexity index is 1800. The molecule has 0 aliphatic rings. The maximum Gasteiger partial charge on any atom is 0.159 e. The molecule has 0 fully saturated rings. The summed E-state index contributed by atoms with van der Waals surface area (Å²) >= 11 is 0. The van der Waals surface area contributed by atoms with E-state index in [9.17, 15) is 9.50 Å². The Morgan fingerprint density at radius 3 is 2.72 bits per heavy atom. The lowest BCUT2D eigenvalue weighted by molar-refractivity contribution is 0.192. The molecular weight excluding hydrogens is 499 g/mol. The number of nitrogens with one attached hydrogen (secondary N) is 3. The number of rotatable bonds is 8. The summed E-state index contributed by atoms with van der Waals surface area (Å²) in [4.78, 5) is 21.3. The quantitative estimate of drug-likeness (QED) is 0.197. The van der Waals surface area contributed by atoms with Crippen molar-refractivity contribution >= 4 is 27.6 Å². The van der Waals surface area contributed by atoms with Crippen LogP contribution < -0.4 is 10.1 Å². The molecule has 0 radical (unpaired) electrons. The predicted molar refractivity (Wildman–Crippen MR) is 146 cm³/mol. The lowest BCUT2D eigenvalue weighted by atomic mass is 10.1. The van der Waals surface area contributed by atoms with Crippen LogP contribution in [0.4, 0.5) is 10.1 Å². The molecule has 10 nitrogen and oxygen atoms in total. The highest BCUT2D eigenvalue weighted by molar-refractivity contribution is 5.97. The van der Waals surface area contributed by atoms with E-state index >= 15 is 0 Å². The number of benzene rings is 1. The third kappa shape index (κ3) is 4.75. The Labute approximate surface area is 222 Å². The zero-order chi connectivity index (χ0) is 26.9. The van der Waals surface area contributed by atoms with Gasteiger partial charge in [-0.15, -0.1) is 0 Å². The number of imidazole rings is 1. The molecule has 39 heavy (non-hydrogen) atoms. The molecule has 1 unspecified atom stereocenters. The molecule has 5 aromatic heterocycles. The third-order valence-corrected chi connectivity index (χ3v) is 6.41.